The van der Waals surface area contributed by atoms with Gasteiger partial charge < -0.3 is 5.11 Å². The van der Waals surface area contributed by atoms with Gasteiger partial charge >= 0.3 is 5.97 Å². The molecule has 2 nitrogen and oxygen atoms in total. The number of carboxylic acid groups (broad SMARTS) is 1. The quantitative estimate of drug-likeness (QED) is 0.735. The van der Waals surface area contributed by atoms with Crippen molar-refractivity contribution in [2.45, 2.75) is 25.5 Å². The summed E-state index contributed by atoms with van der Waals surface area (Å²) in [7, 11) is 0. The Balaban J connectivity index is 3.88. The van der Waals surface area contributed by atoms with Crippen LogP contribution in [0.5, 0.6) is 0 Å². The normalized spacial score (nSPS) is 13.8. The summed E-state index contributed by atoms with van der Waals surface area (Å²) in [6.07, 6.45) is -2.43. The number of thioether (sulfide) groups is 1. The number of halogens is 2. The van der Waals surface area contributed by atoms with Crippen molar-refractivity contribution in [3.63, 3.8) is 0 Å². The van der Waals surface area contributed by atoms with Gasteiger partial charge in [0.05, 0.1) is 5.75 Å². The molecule has 12 heavy (non-hydrogen) atoms. The second kappa shape index (κ2) is 5.35. The third kappa shape index (κ3) is 4.54. The lowest BCUT2D eigenvalue weighted by molar-refractivity contribution is -0.137. The number of hydrogen-bond acceptors (Lipinski definition) is 2. The summed E-state index contributed by atoms with van der Waals surface area (Å²) in [6, 6.07) is 0. The van der Waals surface area contributed by atoms with Crippen LogP contribution in [0.1, 0.15) is 13.8 Å². The van der Waals surface area contributed by atoms with Gasteiger partial charge in [0.1, 0.15) is 5.25 Å². The summed E-state index contributed by atoms with van der Waals surface area (Å²) >= 11 is 0.796. The van der Waals surface area contributed by atoms with Crippen LogP contribution in [-0.4, -0.2) is 28.5 Å². The molecule has 0 saturated heterocycles. The lowest BCUT2D eigenvalue weighted by Crippen LogP contribution is -2.23. The smallest absolute Gasteiger partial charge is 0.316 e. The number of rotatable bonds is 5. The fourth-order valence-electron chi connectivity index (χ4n) is 0.725. The van der Waals surface area contributed by atoms with Crippen LogP contribution in [0.3, 0.4) is 0 Å². The van der Waals surface area contributed by atoms with Crippen LogP contribution in [0.2, 0.25) is 0 Å². The van der Waals surface area contributed by atoms with E-state index in [1.807, 2.05) is 0 Å². The van der Waals surface area contributed by atoms with Crippen LogP contribution in [0.4, 0.5) is 8.78 Å². The standard InChI is InChI=1S/C7H12F2O2S/c1-4(2)6(7(10)11)12-3-5(8)9/h4-6H,3H2,1-2H3,(H,10,11). The minimum atomic E-state index is -2.43. The predicted molar refractivity (Wildman–Crippen MR) is 44.7 cm³/mol. The predicted octanol–water partition coefficient (Wildman–Crippen LogP) is 2.09. The number of carbonyl (C=O) groups is 1. The first-order valence-electron chi connectivity index (χ1n) is 3.57. The van der Waals surface area contributed by atoms with E-state index in [4.69, 9.17) is 5.11 Å². The maximum atomic E-state index is 11.7. The Morgan fingerprint density at radius 2 is 2.00 bits per heavy atom. The van der Waals surface area contributed by atoms with E-state index in [0.29, 0.717) is 0 Å². The lowest BCUT2D eigenvalue weighted by atomic mass is 10.1. The molecule has 0 aromatic carbocycles. The Labute approximate surface area is 74.3 Å². The van der Waals surface area contributed by atoms with E-state index in [-0.39, 0.29) is 5.92 Å². The maximum absolute atomic E-state index is 11.7. The number of carboxylic acids is 1. The molecule has 1 unspecified atom stereocenters. The van der Waals surface area contributed by atoms with E-state index < -0.39 is 23.4 Å². The second-order valence-electron chi connectivity index (χ2n) is 2.73. The minimum Gasteiger partial charge on any atom is -0.480 e. The molecule has 0 aliphatic rings. The molecule has 0 amide bonds. The first-order chi connectivity index (χ1) is 5.45. The first-order valence-corrected chi connectivity index (χ1v) is 4.62. The van der Waals surface area contributed by atoms with Crippen molar-refractivity contribution in [1.29, 1.82) is 0 Å². The number of aliphatic carboxylic acids is 1. The fraction of sp³-hybridized carbons (Fsp3) is 0.857. The van der Waals surface area contributed by atoms with Crippen LogP contribution >= 0.6 is 11.8 Å². The van der Waals surface area contributed by atoms with E-state index in [1.54, 1.807) is 13.8 Å². The number of alkyl halides is 2. The van der Waals surface area contributed by atoms with Gasteiger partial charge in [0.2, 0.25) is 6.43 Å². The molecule has 1 N–H and O–H groups in total. The highest BCUT2D eigenvalue weighted by atomic mass is 32.2. The number of hydrogen-bond donors (Lipinski definition) is 1. The summed E-state index contributed by atoms with van der Waals surface area (Å²) in [6.45, 7) is 3.41. The molecule has 5 heteroatoms. The van der Waals surface area contributed by atoms with Gasteiger partial charge in [-0.15, -0.1) is 11.8 Å². The van der Waals surface area contributed by atoms with Crippen LogP contribution < -0.4 is 0 Å². The van der Waals surface area contributed by atoms with Crippen LogP contribution in [0.25, 0.3) is 0 Å². The van der Waals surface area contributed by atoms with E-state index in [0.717, 1.165) is 11.8 Å². The van der Waals surface area contributed by atoms with E-state index in [9.17, 15) is 13.6 Å². The second-order valence-corrected chi connectivity index (χ2v) is 3.90. The molecule has 1 atom stereocenters. The molecule has 0 aromatic heterocycles. The van der Waals surface area contributed by atoms with Gasteiger partial charge in [-0.2, -0.15) is 0 Å². The fourth-order valence-corrected chi connectivity index (χ4v) is 1.61. The molecule has 0 saturated carbocycles. The van der Waals surface area contributed by atoms with E-state index >= 15 is 0 Å². The van der Waals surface area contributed by atoms with Gasteiger partial charge in [-0.1, -0.05) is 13.8 Å². The highest BCUT2D eigenvalue weighted by Gasteiger charge is 2.23. The van der Waals surface area contributed by atoms with Crippen molar-refractivity contribution in [2.24, 2.45) is 5.92 Å². The Bertz CT molecular complexity index is 150. The third-order valence-corrected chi connectivity index (χ3v) is 2.80. The zero-order valence-corrected chi connectivity index (χ0v) is 7.78. The highest BCUT2D eigenvalue weighted by molar-refractivity contribution is 8.00. The molecular formula is C7H12F2O2S. The van der Waals surface area contributed by atoms with Crippen LogP contribution in [0, 0.1) is 5.92 Å². The first kappa shape index (κ1) is 11.7. The Kier molecular flexibility index (Phi) is 5.20. The largest absolute Gasteiger partial charge is 0.480 e. The van der Waals surface area contributed by atoms with Crippen molar-refractivity contribution >= 4 is 17.7 Å². The molecule has 0 fully saturated rings. The van der Waals surface area contributed by atoms with Crippen molar-refractivity contribution in [3.05, 3.63) is 0 Å². The summed E-state index contributed by atoms with van der Waals surface area (Å²) in [4.78, 5) is 10.5. The van der Waals surface area contributed by atoms with Gasteiger partial charge in [0.25, 0.3) is 0 Å². The van der Waals surface area contributed by atoms with Gasteiger partial charge in [0.15, 0.2) is 0 Å². The molecule has 0 aliphatic carbocycles. The molecule has 0 radical (unpaired) electrons. The average molecular weight is 198 g/mol. The van der Waals surface area contributed by atoms with Crippen molar-refractivity contribution in [1.82, 2.24) is 0 Å². The summed E-state index contributed by atoms with van der Waals surface area (Å²) in [5.41, 5.74) is 0. The summed E-state index contributed by atoms with van der Waals surface area (Å²) < 4.78 is 23.4. The minimum absolute atomic E-state index is 0.119. The molecule has 0 heterocycles. The van der Waals surface area contributed by atoms with Gasteiger partial charge in [0, 0.05) is 0 Å². The zero-order chi connectivity index (χ0) is 9.72. The molecule has 0 aliphatic heterocycles. The van der Waals surface area contributed by atoms with Gasteiger partial charge in [-0.3, -0.25) is 4.79 Å². The van der Waals surface area contributed by atoms with Crippen molar-refractivity contribution in [3.8, 4) is 0 Å². The zero-order valence-electron chi connectivity index (χ0n) is 6.96. The Morgan fingerprint density at radius 1 is 1.50 bits per heavy atom. The summed E-state index contributed by atoms with van der Waals surface area (Å²) in [5.74, 6) is -1.54. The molecular weight excluding hydrogens is 186 g/mol. The molecule has 0 spiro atoms. The summed E-state index contributed by atoms with van der Waals surface area (Å²) in [5, 5.41) is 7.87. The topological polar surface area (TPSA) is 37.3 Å². The van der Waals surface area contributed by atoms with Gasteiger partial charge in [-0.05, 0) is 5.92 Å². The molecule has 0 rings (SSSR count). The Morgan fingerprint density at radius 3 is 2.25 bits per heavy atom. The van der Waals surface area contributed by atoms with E-state index in [2.05, 4.69) is 0 Å². The van der Waals surface area contributed by atoms with Gasteiger partial charge in [-0.25, -0.2) is 8.78 Å². The lowest BCUT2D eigenvalue weighted by Gasteiger charge is -2.14. The Hall–Kier alpha value is -0.320. The average Bonchev–Trinajstić information content (AvgIpc) is 1.84. The molecule has 0 aromatic rings. The molecule has 0 bridgehead atoms. The molecule has 72 valence electrons. The van der Waals surface area contributed by atoms with Crippen molar-refractivity contribution in [2.75, 3.05) is 5.75 Å². The van der Waals surface area contributed by atoms with Crippen LogP contribution in [-0.2, 0) is 4.79 Å². The SMILES string of the molecule is CC(C)C(SCC(F)F)C(=O)O. The van der Waals surface area contributed by atoms with Crippen molar-refractivity contribution < 1.29 is 18.7 Å². The third-order valence-electron chi connectivity index (χ3n) is 1.25. The van der Waals surface area contributed by atoms with E-state index in [1.165, 1.54) is 0 Å². The monoisotopic (exact) mass is 198 g/mol. The van der Waals surface area contributed by atoms with Crippen LogP contribution in [0.15, 0.2) is 0 Å². The maximum Gasteiger partial charge on any atom is 0.316 e. The highest BCUT2D eigenvalue weighted by Crippen LogP contribution is 2.21.